The molecule has 0 aromatic rings. The van der Waals surface area contributed by atoms with Gasteiger partial charge >= 0.3 is 0 Å². The van der Waals surface area contributed by atoms with Crippen molar-refractivity contribution in [3.8, 4) is 0 Å². The van der Waals surface area contributed by atoms with Crippen LogP contribution in [-0.2, 0) is 9.53 Å². The first-order chi connectivity index (χ1) is 6.60. The Labute approximate surface area is 86.0 Å². The molecule has 1 aliphatic rings. The highest BCUT2D eigenvalue weighted by molar-refractivity contribution is 5.85. The van der Waals surface area contributed by atoms with Crippen molar-refractivity contribution in [2.24, 2.45) is 17.1 Å². The fraction of sp³-hybridized carbons (Fsp3) is 0.909. The molecule has 3 heteroatoms. The zero-order valence-corrected chi connectivity index (χ0v) is 9.21. The molecule has 1 fully saturated rings. The molecule has 1 rings (SSSR count). The maximum Gasteiger partial charge on any atom is 0.140 e. The van der Waals surface area contributed by atoms with Crippen LogP contribution in [0.25, 0.3) is 0 Å². The van der Waals surface area contributed by atoms with E-state index in [1.54, 1.807) is 0 Å². The zero-order valence-electron chi connectivity index (χ0n) is 9.21. The number of hydrogen-bond donors (Lipinski definition) is 1. The maximum atomic E-state index is 12.0. The van der Waals surface area contributed by atoms with E-state index in [4.69, 9.17) is 10.5 Å². The normalized spacial score (nSPS) is 21.1. The summed E-state index contributed by atoms with van der Waals surface area (Å²) in [5.74, 6) is 0.757. The van der Waals surface area contributed by atoms with Crippen LogP contribution in [0.4, 0.5) is 0 Å². The van der Waals surface area contributed by atoms with Crippen molar-refractivity contribution in [2.45, 2.75) is 33.1 Å². The van der Waals surface area contributed by atoms with Crippen LogP contribution in [0.3, 0.4) is 0 Å². The molecule has 1 heterocycles. The van der Waals surface area contributed by atoms with Crippen molar-refractivity contribution in [1.29, 1.82) is 0 Å². The van der Waals surface area contributed by atoms with Gasteiger partial charge in [-0.3, -0.25) is 4.79 Å². The Hall–Kier alpha value is -0.410. The minimum absolute atomic E-state index is 0.275. The molecule has 0 unspecified atom stereocenters. The second-order valence-electron chi connectivity index (χ2n) is 4.62. The third kappa shape index (κ3) is 2.55. The van der Waals surface area contributed by atoms with Gasteiger partial charge in [0.2, 0.25) is 0 Å². The van der Waals surface area contributed by atoms with Gasteiger partial charge in [-0.15, -0.1) is 0 Å². The summed E-state index contributed by atoms with van der Waals surface area (Å²) in [4.78, 5) is 12.0. The Bertz CT molecular complexity index is 195. The Kier molecular flexibility index (Phi) is 4.08. The number of rotatable bonds is 4. The van der Waals surface area contributed by atoms with E-state index in [-0.39, 0.29) is 5.41 Å². The molecular weight excluding hydrogens is 178 g/mol. The molecule has 0 spiro atoms. The maximum absolute atomic E-state index is 12.0. The predicted octanol–water partition coefficient (Wildman–Crippen LogP) is 1.36. The summed E-state index contributed by atoms with van der Waals surface area (Å²) in [5.41, 5.74) is 5.46. The van der Waals surface area contributed by atoms with Gasteiger partial charge in [0.05, 0.1) is 0 Å². The lowest BCUT2D eigenvalue weighted by atomic mass is 9.74. The van der Waals surface area contributed by atoms with Crippen LogP contribution in [0.15, 0.2) is 0 Å². The summed E-state index contributed by atoms with van der Waals surface area (Å²) in [7, 11) is 0. The standard InChI is InChI=1S/C11H21NO2/c1-9(2)7-10(13)11(8-12)3-5-14-6-4-11/h9H,3-8,12H2,1-2H3. The van der Waals surface area contributed by atoms with Gasteiger partial charge < -0.3 is 10.5 Å². The number of carbonyl (C=O) groups excluding carboxylic acids is 1. The van der Waals surface area contributed by atoms with Crippen molar-refractivity contribution in [3.05, 3.63) is 0 Å². The first kappa shape index (κ1) is 11.7. The smallest absolute Gasteiger partial charge is 0.140 e. The van der Waals surface area contributed by atoms with Gasteiger partial charge in [-0.1, -0.05) is 13.8 Å². The van der Waals surface area contributed by atoms with Crippen LogP contribution < -0.4 is 5.73 Å². The summed E-state index contributed by atoms with van der Waals surface area (Å²) in [5, 5.41) is 0. The van der Waals surface area contributed by atoms with Gasteiger partial charge in [-0.2, -0.15) is 0 Å². The highest BCUT2D eigenvalue weighted by Crippen LogP contribution is 2.32. The molecule has 0 amide bonds. The molecule has 2 N–H and O–H groups in total. The first-order valence-electron chi connectivity index (χ1n) is 5.42. The van der Waals surface area contributed by atoms with Crippen LogP contribution in [0, 0.1) is 11.3 Å². The Morgan fingerprint density at radius 2 is 2.00 bits per heavy atom. The summed E-state index contributed by atoms with van der Waals surface area (Å²) in [6.45, 7) is 5.98. The molecule has 0 aliphatic carbocycles. The Morgan fingerprint density at radius 3 is 2.43 bits per heavy atom. The molecule has 0 radical (unpaired) electrons. The van der Waals surface area contributed by atoms with Gasteiger partial charge in [-0.05, 0) is 18.8 Å². The van der Waals surface area contributed by atoms with Crippen molar-refractivity contribution >= 4 is 5.78 Å². The molecule has 14 heavy (non-hydrogen) atoms. The SMILES string of the molecule is CC(C)CC(=O)C1(CN)CCOCC1. The van der Waals surface area contributed by atoms with Crippen LogP contribution in [0.1, 0.15) is 33.1 Å². The zero-order chi connectivity index (χ0) is 10.6. The number of Topliss-reactive ketones (excluding diaryl/α,β-unsaturated/α-hetero) is 1. The number of nitrogens with two attached hydrogens (primary N) is 1. The monoisotopic (exact) mass is 199 g/mol. The van der Waals surface area contributed by atoms with Gasteiger partial charge in [0.15, 0.2) is 0 Å². The average molecular weight is 199 g/mol. The average Bonchev–Trinajstić information content (AvgIpc) is 2.18. The molecule has 3 nitrogen and oxygen atoms in total. The van der Waals surface area contributed by atoms with Crippen molar-refractivity contribution in [1.82, 2.24) is 0 Å². The van der Waals surface area contributed by atoms with Crippen LogP contribution in [-0.4, -0.2) is 25.5 Å². The van der Waals surface area contributed by atoms with Crippen LogP contribution in [0.5, 0.6) is 0 Å². The Morgan fingerprint density at radius 1 is 1.43 bits per heavy atom. The van der Waals surface area contributed by atoms with Crippen molar-refractivity contribution in [2.75, 3.05) is 19.8 Å². The number of ketones is 1. The molecule has 0 atom stereocenters. The van der Waals surface area contributed by atoms with Crippen molar-refractivity contribution < 1.29 is 9.53 Å². The second kappa shape index (κ2) is 4.89. The highest BCUT2D eigenvalue weighted by Gasteiger charge is 2.38. The summed E-state index contributed by atoms with van der Waals surface area (Å²) in [6, 6.07) is 0. The van der Waals surface area contributed by atoms with E-state index in [0.717, 1.165) is 12.8 Å². The van der Waals surface area contributed by atoms with E-state index >= 15 is 0 Å². The lowest BCUT2D eigenvalue weighted by Gasteiger charge is -2.35. The minimum Gasteiger partial charge on any atom is -0.381 e. The third-order valence-corrected chi connectivity index (χ3v) is 3.03. The molecule has 0 aromatic carbocycles. The van der Waals surface area contributed by atoms with E-state index in [0.29, 0.717) is 37.9 Å². The van der Waals surface area contributed by atoms with E-state index in [1.807, 2.05) is 0 Å². The van der Waals surface area contributed by atoms with Gasteiger partial charge in [0, 0.05) is 31.6 Å². The molecule has 1 saturated heterocycles. The lowest BCUT2D eigenvalue weighted by Crippen LogP contribution is -2.43. The van der Waals surface area contributed by atoms with E-state index < -0.39 is 0 Å². The third-order valence-electron chi connectivity index (χ3n) is 3.03. The minimum atomic E-state index is -0.275. The molecule has 0 saturated carbocycles. The van der Waals surface area contributed by atoms with Crippen LogP contribution in [0.2, 0.25) is 0 Å². The highest BCUT2D eigenvalue weighted by atomic mass is 16.5. The first-order valence-corrected chi connectivity index (χ1v) is 5.42. The summed E-state index contributed by atoms with van der Waals surface area (Å²) in [6.07, 6.45) is 2.25. The molecule has 0 aromatic heterocycles. The summed E-state index contributed by atoms with van der Waals surface area (Å²) >= 11 is 0. The van der Waals surface area contributed by atoms with Gasteiger partial charge in [0.25, 0.3) is 0 Å². The van der Waals surface area contributed by atoms with E-state index in [9.17, 15) is 4.79 Å². The fourth-order valence-corrected chi connectivity index (χ4v) is 1.95. The molecule has 0 bridgehead atoms. The number of carbonyl (C=O) groups is 1. The van der Waals surface area contributed by atoms with Crippen LogP contribution >= 0.6 is 0 Å². The topological polar surface area (TPSA) is 52.3 Å². The summed E-state index contributed by atoms with van der Waals surface area (Å²) < 4.78 is 5.27. The van der Waals surface area contributed by atoms with E-state index in [1.165, 1.54) is 0 Å². The largest absolute Gasteiger partial charge is 0.381 e. The van der Waals surface area contributed by atoms with Gasteiger partial charge in [0.1, 0.15) is 5.78 Å². The number of ether oxygens (including phenoxy) is 1. The van der Waals surface area contributed by atoms with Gasteiger partial charge in [-0.25, -0.2) is 0 Å². The molecule has 1 aliphatic heterocycles. The lowest BCUT2D eigenvalue weighted by molar-refractivity contribution is -0.134. The molecular formula is C11H21NO2. The molecule has 82 valence electrons. The number of hydrogen-bond acceptors (Lipinski definition) is 3. The quantitative estimate of drug-likeness (QED) is 0.743. The van der Waals surface area contributed by atoms with Crippen molar-refractivity contribution in [3.63, 3.8) is 0 Å². The second-order valence-corrected chi connectivity index (χ2v) is 4.62. The predicted molar refractivity (Wildman–Crippen MR) is 56.0 cm³/mol. The Balaban J connectivity index is 2.62. The fourth-order valence-electron chi connectivity index (χ4n) is 1.95. The van der Waals surface area contributed by atoms with E-state index in [2.05, 4.69) is 13.8 Å².